The Morgan fingerprint density at radius 2 is 2.21 bits per heavy atom. The summed E-state index contributed by atoms with van der Waals surface area (Å²) in [5, 5.41) is 27.8. The molecule has 0 atom stereocenters. The van der Waals surface area contributed by atoms with E-state index in [1.165, 1.54) is 16.0 Å². The third kappa shape index (κ3) is 2.67. The number of hydrogen-bond donors (Lipinski definition) is 0. The van der Waals surface area contributed by atoms with Crippen molar-refractivity contribution in [2.45, 2.75) is 6.54 Å². The molecule has 0 aliphatic heterocycles. The van der Waals surface area contributed by atoms with E-state index in [0.29, 0.717) is 11.0 Å². The van der Waals surface area contributed by atoms with Crippen LogP contribution in [-0.4, -0.2) is 34.5 Å². The van der Waals surface area contributed by atoms with Gasteiger partial charge in [0.1, 0.15) is 15.8 Å². The largest absolute Gasteiger partial charge is 0.404 e. The number of hydrogen-bond acceptors (Lipinski definition) is 7. The highest BCUT2D eigenvalue weighted by atomic mass is 79.9. The molecule has 0 unspecified atom stereocenters. The number of halogens is 1. The van der Waals surface area contributed by atoms with Crippen LogP contribution in [0.15, 0.2) is 41.3 Å². The summed E-state index contributed by atoms with van der Waals surface area (Å²) in [6.07, 6.45) is 3.15. The summed E-state index contributed by atoms with van der Waals surface area (Å²) in [6.45, 7) is 0.421. The minimum atomic E-state index is -0.517. The van der Waals surface area contributed by atoms with E-state index >= 15 is 0 Å². The molecule has 3 heterocycles. The first-order valence-corrected chi connectivity index (χ1v) is 8.34. The lowest BCUT2D eigenvalue weighted by Gasteiger charge is -2.01. The van der Waals surface area contributed by atoms with Crippen LogP contribution in [0.3, 0.4) is 0 Å². The van der Waals surface area contributed by atoms with Gasteiger partial charge in [0.05, 0.1) is 17.8 Å². The molecule has 3 aromatic heterocycles. The van der Waals surface area contributed by atoms with Crippen molar-refractivity contribution in [3.8, 4) is 10.6 Å². The summed E-state index contributed by atoms with van der Waals surface area (Å²) in [4.78, 5) is 11.1. The lowest BCUT2D eigenvalue weighted by atomic mass is 10.1. The van der Waals surface area contributed by atoms with Gasteiger partial charge in [-0.05, 0) is 32.5 Å². The lowest BCUT2D eigenvalue weighted by Crippen LogP contribution is -2.01. The summed E-state index contributed by atoms with van der Waals surface area (Å²) in [5.74, 6) is -0.195. The number of rotatable bonds is 4. The highest BCUT2D eigenvalue weighted by Crippen LogP contribution is 2.26. The van der Waals surface area contributed by atoms with Crippen LogP contribution in [-0.2, 0) is 6.54 Å². The van der Waals surface area contributed by atoms with Crippen LogP contribution in [0.1, 0.15) is 5.56 Å². The van der Waals surface area contributed by atoms with Crippen molar-refractivity contribution >= 4 is 38.0 Å². The highest BCUT2D eigenvalue weighted by molar-refractivity contribution is 9.10. The van der Waals surface area contributed by atoms with Crippen LogP contribution in [0.2, 0.25) is 0 Å². The van der Waals surface area contributed by atoms with Gasteiger partial charge in [-0.3, -0.25) is 0 Å². The Morgan fingerprint density at radius 1 is 1.33 bits per heavy atom. The van der Waals surface area contributed by atoms with E-state index in [1.54, 1.807) is 17.0 Å². The third-order valence-electron chi connectivity index (χ3n) is 3.28. The first-order valence-electron chi connectivity index (χ1n) is 6.73. The quantitative estimate of drug-likeness (QED) is 0.381. The lowest BCUT2D eigenvalue weighted by molar-refractivity contribution is -0.390. The fraction of sp³-hybridized carbons (Fsp3) is 0.0769. The highest BCUT2D eigenvalue weighted by Gasteiger charge is 2.18. The first-order chi connectivity index (χ1) is 11.6. The molecular formula is C13H8BrN7O2S. The number of nitro groups is 1. The molecule has 0 aliphatic carbocycles. The Balaban J connectivity index is 1.64. The Kier molecular flexibility index (Phi) is 3.58. The van der Waals surface area contributed by atoms with E-state index in [0.717, 1.165) is 21.1 Å². The van der Waals surface area contributed by atoms with Gasteiger partial charge in [-0.2, -0.15) is 14.3 Å². The van der Waals surface area contributed by atoms with Crippen LogP contribution in [0.5, 0.6) is 0 Å². The Morgan fingerprint density at radius 3 is 2.96 bits per heavy atom. The van der Waals surface area contributed by atoms with Gasteiger partial charge >= 0.3 is 5.82 Å². The standard InChI is InChI=1S/C13H8BrN7O2S/c14-10-6-19(17-11(10)21(22)23)5-8-2-1-3-9(4-8)12-18-20-7-15-16-13(20)24-12/h1-4,6-7H,5H2. The van der Waals surface area contributed by atoms with Crippen molar-refractivity contribution in [3.05, 3.63) is 56.9 Å². The fourth-order valence-corrected chi connectivity index (χ4v) is 3.53. The molecule has 0 fully saturated rings. The van der Waals surface area contributed by atoms with Crippen molar-refractivity contribution in [3.63, 3.8) is 0 Å². The Bertz CT molecular complexity index is 1030. The third-order valence-corrected chi connectivity index (χ3v) is 4.80. The van der Waals surface area contributed by atoms with Gasteiger partial charge in [-0.25, -0.2) is 0 Å². The molecule has 0 saturated heterocycles. The number of benzene rings is 1. The molecule has 9 nitrogen and oxygen atoms in total. The van der Waals surface area contributed by atoms with Crippen molar-refractivity contribution in [1.82, 2.24) is 29.6 Å². The smallest absolute Gasteiger partial charge is 0.358 e. The van der Waals surface area contributed by atoms with Crippen LogP contribution in [0, 0.1) is 10.1 Å². The molecule has 120 valence electrons. The van der Waals surface area contributed by atoms with Gasteiger partial charge in [-0.15, -0.1) is 10.2 Å². The van der Waals surface area contributed by atoms with E-state index in [-0.39, 0.29) is 5.82 Å². The molecule has 0 N–H and O–H groups in total. The zero-order valence-electron chi connectivity index (χ0n) is 11.9. The Hall–Kier alpha value is -2.66. The summed E-state index contributed by atoms with van der Waals surface area (Å²) in [7, 11) is 0. The molecule has 11 heteroatoms. The monoisotopic (exact) mass is 405 g/mol. The predicted molar refractivity (Wildman–Crippen MR) is 89.8 cm³/mol. The van der Waals surface area contributed by atoms with Gasteiger partial charge in [-0.1, -0.05) is 29.5 Å². The zero-order valence-corrected chi connectivity index (χ0v) is 14.3. The molecule has 0 aliphatic rings. The molecule has 24 heavy (non-hydrogen) atoms. The van der Waals surface area contributed by atoms with E-state index in [2.05, 4.69) is 36.3 Å². The molecule has 0 saturated carbocycles. The van der Waals surface area contributed by atoms with Gasteiger partial charge in [0.15, 0.2) is 0 Å². The molecule has 1 aromatic carbocycles. The zero-order chi connectivity index (χ0) is 16.7. The maximum atomic E-state index is 10.9. The topological polar surface area (TPSA) is 104 Å². The van der Waals surface area contributed by atoms with E-state index in [1.807, 2.05) is 24.3 Å². The maximum absolute atomic E-state index is 10.9. The van der Waals surface area contributed by atoms with Crippen molar-refractivity contribution in [2.75, 3.05) is 0 Å². The SMILES string of the molecule is O=[N+]([O-])c1nn(Cc2cccc(-c3nn4cnnc4s3)c2)cc1Br. The molecule has 0 amide bonds. The summed E-state index contributed by atoms with van der Waals surface area (Å²) in [6, 6.07) is 7.79. The van der Waals surface area contributed by atoms with Gasteiger partial charge in [0, 0.05) is 5.56 Å². The minimum Gasteiger partial charge on any atom is -0.358 e. The second kappa shape index (κ2) is 5.76. The summed E-state index contributed by atoms with van der Waals surface area (Å²) >= 11 is 4.59. The number of nitrogens with zero attached hydrogens (tertiary/aromatic N) is 7. The molecule has 0 bridgehead atoms. The van der Waals surface area contributed by atoms with Crippen LogP contribution in [0.25, 0.3) is 15.5 Å². The van der Waals surface area contributed by atoms with Gasteiger partial charge in [0.25, 0.3) is 0 Å². The molecule has 0 radical (unpaired) electrons. The normalized spacial score (nSPS) is 11.2. The van der Waals surface area contributed by atoms with Crippen LogP contribution in [0.4, 0.5) is 5.82 Å². The van der Waals surface area contributed by atoms with Gasteiger partial charge in [0.2, 0.25) is 4.96 Å². The second-order valence-electron chi connectivity index (χ2n) is 4.92. The van der Waals surface area contributed by atoms with Crippen LogP contribution < -0.4 is 0 Å². The minimum absolute atomic E-state index is 0.195. The van der Waals surface area contributed by atoms with E-state index < -0.39 is 4.92 Å². The fourth-order valence-electron chi connectivity index (χ4n) is 2.26. The average Bonchev–Trinajstić information content (AvgIpc) is 3.21. The molecule has 4 aromatic rings. The van der Waals surface area contributed by atoms with Crippen molar-refractivity contribution < 1.29 is 4.92 Å². The maximum Gasteiger partial charge on any atom is 0.404 e. The molecule has 0 spiro atoms. The summed E-state index contributed by atoms with van der Waals surface area (Å²) < 4.78 is 3.51. The van der Waals surface area contributed by atoms with Crippen LogP contribution >= 0.6 is 27.3 Å². The van der Waals surface area contributed by atoms with E-state index in [4.69, 9.17) is 0 Å². The van der Waals surface area contributed by atoms with Crippen molar-refractivity contribution in [1.29, 1.82) is 0 Å². The van der Waals surface area contributed by atoms with E-state index in [9.17, 15) is 10.1 Å². The predicted octanol–water partition coefficient (Wildman–Crippen LogP) is 2.77. The molecule has 4 rings (SSSR count). The summed E-state index contributed by atoms with van der Waals surface area (Å²) in [5.41, 5.74) is 1.91. The average molecular weight is 406 g/mol. The number of fused-ring (bicyclic) bond motifs is 1. The van der Waals surface area contributed by atoms with Gasteiger partial charge < -0.3 is 10.1 Å². The first kappa shape index (κ1) is 14.9. The second-order valence-corrected chi connectivity index (χ2v) is 6.73. The Labute approximate surface area is 146 Å². The van der Waals surface area contributed by atoms with Crippen molar-refractivity contribution in [2.24, 2.45) is 0 Å². The molecular weight excluding hydrogens is 398 g/mol. The number of aromatic nitrogens is 6.